The van der Waals surface area contributed by atoms with Gasteiger partial charge in [0.2, 0.25) is 0 Å². The van der Waals surface area contributed by atoms with E-state index in [2.05, 4.69) is 68.3 Å². The van der Waals surface area contributed by atoms with Gasteiger partial charge in [0.1, 0.15) is 23.2 Å². The van der Waals surface area contributed by atoms with Crippen molar-refractivity contribution in [3.63, 3.8) is 0 Å². The Labute approximate surface area is 193 Å². The molecule has 0 spiro atoms. The fourth-order valence-electron chi connectivity index (χ4n) is 4.43. The van der Waals surface area contributed by atoms with Crippen molar-refractivity contribution in [1.82, 2.24) is 0 Å². The number of hydrogen-bond donors (Lipinski definition) is 2. The van der Waals surface area contributed by atoms with Gasteiger partial charge in [0, 0.05) is 48.4 Å². The molecule has 0 saturated carbocycles. The lowest BCUT2D eigenvalue weighted by Crippen LogP contribution is -2.27. The average Bonchev–Trinajstić information content (AvgIpc) is 3.61. The van der Waals surface area contributed by atoms with Crippen LogP contribution in [0, 0.1) is 0 Å². The number of rotatable bonds is 8. The zero-order valence-electron chi connectivity index (χ0n) is 18.5. The van der Waals surface area contributed by atoms with Crippen LogP contribution in [0.2, 0.25) is 0 Å². The first kappa shape index (κ1) is 21.4. The first-order valence-electron chi connectivity index (χ1n) is 11.4. The van der Waals surface area contributed by atoms with E-state index in [0.29, 0.717) is 12.8 Å². The molecule has 0 amide bonds. The molecular weight excluding hydrogens is 416 g/mol. The van der Waals surface area contributed by atoms with Crippen molar-refractivity contribution >= 4 is 23.0 Å². The molecule has 33 heavy (non-hydrogen) atoms. The van der Waals surface area contributed by atoms with Crippen LogP contribution in [0.3, 0.4) is 0 Å². The predicted molar refractivity (Wildman–Crippen MR) is 132 cm³/mol. The van der Waals surface area contributed by atoms with Crippen molar-refractivity contribution in [3.05, 3.63) is 60.7 Å². The van der Waals surface area contributed by atoms with Crippen molar-refractivity contribution in [2.45, 2.75) is 12.8 Å². The number of aliphatic imine (C=N–C) groups is 2. The van der Waals surface area contributed by atoms with Crippen molar-refractivity contribution in [1.29, 1.82) is 0 Å². The fraction of sp³-hybridized carbons (Fsp3) is 0.308. The minimum Gasteiger partial charge on any atom is -0.456 e. The maximum absolute atomic E-state index is 9.25. The molecule has 0 atom stereocenters. The van der Waals surface area contributed by atoms with Crippen LogP contribution in [-0.2, 0) is 0 Å². The Morgan fingerprint density at radius 1 is 0.636 bits per heavy atom. The lowest BCUT2D eigenvalue weighted by Gasteiger charge is -2.20. The van der Waals surface area contributed by atoms with Gasteiger partial charge in [0.25, 0.3) is 0 Å². The maximum Gasteiger partial charge on any atom is 0.134 e. The average molecular weight is 445 g/mol. The van der Waals surface area contributed by atoms with Gasteiger partial charge in [-0.1, -0.05) is 0 Å². The molecule has 2 aliphatic heterocycles. The van der Waals surface area contributed by atoms with Gasteiger partial charge < -0.3 is 24.4 Å². The standard InChI is InChI=1S/C26H28N4O3/c31-17-11-25-27-13-15-29(25)21-5-1-19(2-6-21)23-9-10-24(33-23)20-3-7-22(8-4-20)30-16-14-28-26(30)12-18-32/h1-10,31-32H,11-18H2. The number of anilines is 2. The molecule has 7 nitrogen and oxygen atoms in total. The molecule has 3 aromatic rings. The highest BCUT2D eigenvalue weighted by molar-refractivity contribution is 6.00. The highest BCUT2D eigenvalue weighted by Gasteiger charge is 2.19. The summed E-state index contributed by atoms with van der Waals surface area (Å²) in [5.41, 5.74) is 4.19. The van der Waals surface area contributed by atoms with Gasteiger partial charge in [-0.3, -0.25) is 9.98 Å². The first-order valence-corrected chi connectivity index (χ1v) is 11.4. The second-order valence-electron chi connectivity index (χ2n) is 8.10. The van der Waals surface area contributed by atoms with Gasteiger partial charge in [-0.05, 0) is 60.7 Å². The van der Waals surface area contributed by atoms with Crippen LogP contribution in [0.4, 0.5) is 11.4 Å². The summed E-state index contributed by atoms with van der Waals surface area (Å²) >= 11 is 0. The smallest absolute Gasteiger partial charge is 0.134 e. The molecule has 1 aromatic heterocycles. The molecule has 0 radical (unpaired) electrons. The Morgan fingerprint density at radius 3 is 1.45 bits per heavy atom. The van der Waals surface area contributed by atoms with Crippen LogP contribution in [0.5, 0.6) is 0 Å². The van der Waals surface area contributed by atoms with Crippen LogP contribution >= 0.6 is 0 Å². The largest absolute Gasteiger partial charge is 0.456 e. The van der Waals surface area contributed by atoms with E-state index in [1.54, 1.807) is 0 Å². The lowest BCUT2D eigenvalue weighted by atomic mass is 10.1. The molecule has 0 unspecified atom stereocenters. The van der Waals surface area contributed by atoms with E-state index in [0.717, 1.165) is 71.9 Å². The fourth-order valence-corrected chi connectivity index (χ4v) is 4.43. The molecule has 0 fully saturated rings. The number of aliphatic hydroxyl groups is 2. The normalized spacial score (nSPS) is 15.8. The summed E-state index contributed by atoms with van der Waals surface area (Å²) < 4.78 is 6.17. The third-order valence-corrected chi connectivity index (χ3v) is 6.06. The quantitative estimate of drug-likeness (QED) is 0.552. The second kappa shape index (κ2) is 9.60. The molecule has 2 N–H and O–H groups in total. The number of benzene rings is 2. The molecular formula is C26H28N4O3. The van der Waals surface area contributed by atoms with Crippen LogP contribution in [0.25, 0.3) is 22.6 Å². The van der Waals surface area contributed by atoms with Gasteiger partial charge in [0.15, 0.2) is 0 Å². The minimum absolute atomic E-state index is 0.110. The Bertz CT molecular complexity index is 1060. The molecule has 3 heterocycles. The van der Waals surface area contributed by atoms with Gasteiger partial charge >= 0.3 is 0 Å². The van der Waals surface area contributed by atoms with E-state index >= 15 is 0 Å². The topological polar surface area (TPSA) is 84.8 Å². The third kappa shape index (κ3) is 4.42. The second-order valence-corrected chi connectivity index (χ2v) is 8.10. The lowest BCUT2D eigenvalue weighted by molar-refractivity contribution is 0.306. The summed E-state index contributed by atoms with van der Waals surface area (Å²) in [6, 6.07) is 20.5. The number of aliphatic hydroxyl groups excluding tert-OH is 2. The van der Waals surface area contributed by atoms with E-state index in [-0.39, 0.29) is 13.2 Å². The van der Waals surface area contributed by atoms with Crippen LogP contribution < -0.4 is 9.80 Å². The van der Waals surface area contributed by atoms with Gasteiger partial charge in [0.05, 0.1) is 26.3 Å². The van der Waals surface area contributed by atoms with E-state index in [9.17, 15) is 10.2 Å². The Morgan fingerprint density at radius 2 is 1.06 bits per heavy atom. The monoisotopic (exact) mass is 444 g/mol. The van der Waals surface area contributed by atoms with Crippen molar-refractivity contribution < 1.29 is 14.6 Å². The van der Waals surface area contributed by atoms with Crippen molar-refractivity contribution in [3.8, 4) is 22.6 Å². The van der Waals surface area contributed by atoms with Crippen molar-refractivity contribution in [2.24, 2.45) is 9.98 Å². The number of hydrogen-bond acceptors (Lipinski definition) is 7. The molecule has 0 aliphatic carbocycles. The zero-order chi connectivity index (χ0) is 22.6. The molecule has 0 bridgehead atoms. The van der Waals surface area contributed by atoms with Gasteiger partial charge in [-0.15, -0.1) is 0 Å². The molecule has 7 heteroatoms. The zero-order valence-corrected chi connectivity index (χ0v) is 18.5. The van der Waals surface area contributed by atoms with Crippen LogP contribution in [0.15, 0.2) is 75.1 Å². The number of furan rings is 1. The number of nitrogens with zero attached hydrogens (tertiary/aromatic N) is 4. The minimum atomic E-state index is 0.110. The summed E-state index contributed by atoms with van der Waals surface area (Å²) in [5, 5.41) is 18.5. The van der Waals surface area contributed by atoms with Gasteiger partial charge in [-0.25, -0.2) is 0 Å². The molecule has 2 aromatic carbocycles. The Kier molecular flexibility index (Phi) is 6.24. The molecule has 170 valence electrons. The van der Waals surface area contributed by atoms with E-state index in [1.807, 2.05) is 12.1 Å². The summed E-state index contributed by atoms with van der Waals surface area (Å²) in [7, 11) is 0. The van der Waals surface area contributed by atoms with E-state index < -0.39 is 0 Å². The SMILES string of the molecule is OCCC1=NCCN1c1ccc(-c2ccc(-c3ccc(N4CCN=C4CCO)cc3)o2)cc1. The van der Waals surface area contributed by atoms with Crippen molar-refractivity contribution in [2.75, 3.05) is 49.2 Å². The summed E-state index contributed by atoms with van der Waals surface area (Å²) in [5.74, 6) is 3.53. The Balaban J connectivity index is 1.29. The third-order valence-electron chi connectivity index (χ3n) is 6.06. The molecule has 0 saturated heterocycles. The number of amidine groups is 2. The highest BCUT2D eigenvalue weighted by Crippen LogP contribution is 2.31. The van der Waals surface area contributed by atoms with E-state index in [4.69, 9.17) is 4.42 Å². The predicted octanol–water partition coefficient (Wildman–Crippen LogP) is 3.82. The van der Waals surface area contributed by atoms with E-state index in [1.165, 1.54) is 0 Å². The first-order chi connectivity index (χ1) is 16.3. The molecule has 2 aliphatic rings. The van der Waals surface area contributed by atoms with Gasteiger partial charge in [-0.2, -0.15) is 0 Å². The van der Waals surface area contributed by atoms with Crippen LogP contribution in [0.1, 0.15) is 12.8 Å². The summed E-state index contributed by atoms with van der Waals surface area (Å²) in [4.78, 5) is 13.3. The maximum atomic E-state index is 9.25. The Hall–Kier alpha value is -3.42. The summed E-state index contributed by atoms with van der Waals surface area (Å²) in [6.45, 7) is 3.45. The summed E-state index contributed by atoms with van der Waals surface area (Å²) in [6.07, 6.45) is 1.16. The highest BCUT2D eigenvalue weighted by atomic mass is 16.3. The van der Waals surface area contributed by atoms with Crippen LogP contribution in [-0.4, -0.2) is 61.3 Å². The molecule has 5 rings (SSSR count).